The van der Waals surface area contributed by atoms with Gasteiger partial charge in [-0.2, -0.15) is 0 Å². The molecule has 3 rings (SSSR count). The van der Waals surface area contributed by atoms with Gasteiger partial charge in [-0.1, -0.05) is 36.4 Å². The van der Waals surface area contributed by atoms with Gasteiger partial charge in [0.1, 0.15) is 12.4 Å². The summed E-state index contributed by atoms with van der Waals surface area (Å²) in [6.45, 7) is 3.82. The van der Waals surface area contributed by atoms with E-state index in [2.05, 4.69) is 17.2 Å². The third kappa shape index (κ3) is 3.74. The molecule has 128 valence electrons. The highest BCUT2D eigenvalue weighted by atomic mass is 19.1. The second kappa shape index (κ2) is 7.25. The van der Waals surface area contributed by atoms with E-state index in [1.807, 2.05) is 24.3 Å². The Bertz CT molecular complexity index is 888. The van der Waals surface area contributed by atoms with Crippen molar-refractivity contribution in [3.05, 3.63) is 76.9 Å². The zero-order valence-corrected chi connectivity index (χ0v) is 14.1. The number of ether oxygens (including phenoxy) is 1. The van der Waals surface area contributed by atoms with E-state index in [9.17, 15) is 9.18 Å². The minimum atomic E-state index is -0.585. The summed E-state index contributed by atoms with van der Waals surface area (Å²) >= 11 is 0. The summed E-state index contributed by atoms with van der Waals surface area (Å²) in [5.41, 5.74) is 3.36. The van der Waals surface area contributed by atoms with E-state index in [1.54, 1.807) is 23.7 Å². The highest BCUT2D eigenvalue weighted by Gasteiger charge is 2.19. The Labute approximate surface area is 145 Å². The van der Waals surface area contributed by atoms with Crippen LogP contribution in [0.25, 0.3) is 5.69 Å². The quantitative estimate of drug-likeness (QED) is 0.666. The smallest absolute Gasteiger partial charge is 0.361 e. The SMILES string of the molecule is CCc1ccc(-n2nnc(C(=O)OCc3cccc(F)c3)c2C)cc1. The number of esters is 1. The lowest BCUT2D eigenvalue weighted by Crippen LogP contribution is -2.08. The molecule has 0 bridgehead atoms. The summed E-state index contributed by atoms with van der Waals surface area (Å²) in [6, 6.07) is 13.8. The first kappa shape index (κ1) is 16.8. The Morgan fingerprint density at radius 1 is 1.16 bits per heavy atom. The van der Waals surface area contributed by atoms with Crippen molar-refractivity contribution in [2.45, 2.75) is 26.9 Å². The molecule has 0 atom stereocenters. The molecule has 25 heavy (non-hydrogen) atoms. The van der Waals surface area contributed by atoms with Gasteiger partial charge in [0.2, 0.25) is 0 Å². The third-order valence-corrected chi connectivity index (χ3v) is 3.94. The van der Waals surface area contributed by atoms with Crippen LogP contribution in [0, 0.1) is 12.7 Å². The average Bonchev–Trinajstić information content (AvgIpc) is 3.01. The number of carbonyl (C=O) groups excluding carboxylic acids is 1. The standard InChI is InChI=1S/C19H18FN3O2/c1-3-14-7-9-17(10-8-14)23-13(2)18(21-22-23)19(24)25-12-15-5-4-6-16(20)11-15/h4-11H,3,12H2,1-2H3. The lowest BCUT2D eigenvalue weighted by atomic mass is 10.1. The van der Waals surface area contributed by atoms with Gasteiger partial charge >= 0.3 is 5.97 Å². The van der Waals surface area contributed by atoms with Crippen molar-refractivity contribution in [1.82, 2.24) is 15.0 Å². The van der Waals surface area contributed by atoms with Crippen molar-refractivity contribution in [2.24, 2.45) is 0 Å². The first-order valence-corrected chi connectivity index (χ1v) is 8.01. The van der Waals surface area contributed by atoms with E-state index in [0.29, 0.717) is 11.3 Å². The highest BCUT2D eigenvalue weighted by molar-refractivity contribution is 5.88. The van der Waals surface area contributed by atoms with Gasteiger partial charge in [0.25, 0.3) is 0 Å². The molecule has 3 aromatic rings. The second-order valence-electron chi connectivity index (χ2n) is 5.66. The maximum Gasteiger partial charge on any atom is 0.361 e. The van der Waals surface area contributed by atoms with Gasteiger partial charge in [0.15, 0.2) is 5.69 Å². The Hall–Kier alpha value is -3.02. The molecular formula is C19H18FN3O2. The fraction of sp³-hybridized carbons (Fsp3) is 0.211. The van der Waals surface area contributed by atoms with Gasteiger partial charge in [-0.3, -0.25) is 0 Å². The summed E-state index contributed by atoms with van der Waals surface area (Å²) in [5.74, 6) is -0.954. The van der Waals surface area contributed by atoms with Crippen LogP contribution < -0.4 is 0 Å². The van der Waals surface area contributed by atoms with Crippen LogP contribution >= 0.6 is 0 Å². The number of halogens is 1. The fourth-order valence-corrected chi connectivity index (χ4v) is 2.48. The van der Waals surface area contributed by atoms with Crippen molar-refractivity contribution in [2.75, 3.05) is 0 Å². The van der Waals surface area contributed by atoms with Gasteiger partial charge in [0.05, 0.1) is 11.4 Å². The minimum absolute atomic E-state index is 0.0198. The zero-order valence-electron chi connectivity index (χ0n) is 14.1. The summed E-state index contributed by atoms with van der Waals surface area (Å²) in [4.78, 5) is 12.2. The van der Waals surface area contributed by atoms with Crippen molar-refractivity contribution in [3.63, 3.8) is 0 Å². The molecule has 5 nitrogen and oxygen atoms in total. The molecule has 0 aliphatic rings. The molecule has 0 unspecified atom stereocenters. The van der Waals surface area contributed by atoms with Crippen molar-refractivity contribution in [1.29, 1.82) is 0 Å². The van der Waals surface area contributed by atoms with Gasteiger partial charge < -0.3 is 4.74 Å². The first-order chi connectivity index (χ1) is 12.1. The molecule has 0 aliphatic heterocycles. The number of aryl methyl sites for hydroxylation is 1. The topological polar surface area (TPSA) is 57.0 Å². The van der Waals surface area contributed by atoms with Crippen LogP contribution in [-0.4, -0.2) is 21.0 Å². The molecular weight excluding hydrogens is 321 g/mol. The fourth-order valence-electron chi connectivity index (χ4n) is 2.48. The number of nitrogens with zero attached hydrogens (tertiary/aromatic N) is 3. The normalized spacial score (nSPS) is 10.7. The van der Waals surface area contributed by atoms with Crippen LogP contribution in [-0.2, 0) is 17.8 Å². The maximum atomic E-state index is 13.2. The van der Waals surface area contributed by atoms with E-state index in [4.69, 9.17) is 4.74 Å². The van der Waals surface area contributed by atoms with E-state index in [-0.39, 0.29) is 18.1 Å². The number of benzene rings is 2. The zero-order chi connectivity index (χ0) is 17.8. The number of hydrogen-bond acceptors (Lipinski definition) is 4. The molecule has 0 fully saturated rings. The number of rotatable bonds is 5. The van der Waals surface area contributed by atoms with E-state index >= 15 is 0 Å². The number of aromatic nitrogens is 3. The minimum Gasteiger partial charge on any atom is -0.456 e. The van der Waals surface area contributed by atoms with Crippen LogP contribution in [0.3, 0.4) is 0 Å². The van der Waals surface area contributed by atoms with E-state index < -0.39 is 5.97 Å². The summed E-state index contributed by atoms with van der Waals surface area (Å²) in [7, 11) is 0. The highest BCUT2D eigenvalue weighted by Crippen LogP contribution is 2.15. The molecule has 1 heterocycles. The second-order valence-corrected chi connectivity index (χ2v) is 5.66. The van der Waals surface area contributed by atoms with Gasteiger partial charge in [-0.05, 0) is 48.7 Å². The molecule has 1 aromatic heterocycles. The van der Waals surface area contributed by atoms with Crippen LogP contribution in [0.15, 0.2) is 48.5 Å². The van der Waals surface area contributed by atoms with Crippen LogP contribution in [0.4, 0.5) is 4.39 Å². The summed E-state index contributed by atoms with van der Waals surface area (Å²) in [6.07, 6.45) is 0.953. The Kier molecular flexibility index (Phi) is 4.88. The van der Waals surface area contributed by atoms with Crippen molar-refractivity contribution in [3.8, 4) is 5.69 Å². The molecule has 0 amide bonds. The largest absolute Gasteiger partial charge is 0.456 e. The first-order valence-electron chi connectivity index (χ1n) is 8.01. The predicted molar refractivity (Wildman–Crippen MR) is 91.0 cm³/mol. The number of carbonyl (C=O) groups is 1. The van der Waals surface area contributed by atoms with Crippen LogP contribution in [0.2, 0.25) is 0 Å². The van der Waals surface area contributed by atoms with Gasteiger partial charge in [-0.15, -0.1) is 5.10 Å². The van der Waals surface area contributed by atoms with E-state index in [0.717, 1.165) is 12.1 Å². The Balaban J connectivity index is 1.74. The molecule has 0 saturated carbocycles. The van der Waals surface area contributed by atoms with Gasteiger partial charge in [0, 0.05) is 0 Å². The molecule has 0 spiro atoms. The molecule has 0 saturated heterocycles. The average molecular weight is 339 g/mol. The molecule has 0 N–H and O–H groups in total. The molecule has 6 heteroatoms. The lowest BCUT2D eigenvalue weighted by Gasteiger charge is -2.06. The lowest BCUT2D eigenvalue weighted by molar-refractivity contribution is 0.0464. The van der Waals surface area contributed by atoms with Gasteiger partial charge in [-0.25, -0.2) is 13.9 Å². The predicted octanol–water partition coefficient (Wildman–Crippen LogP) is 3.63. The third-order valence-electron chi connectivity index (χ3n) is 3.94. The monoisotopic (exact) mass is 339 g/mol. The number of hydrogen-bond donors (Lipinski definition) is 0. The molecule has 0 aliphatic carbocycles. The van der Waals surface area contributed by atoms with Crippen molar-refractivity contribution < 1.29 is 13.9 Å². The van der Waals surface area contributed by atoms with E-state index in [1.165, 1.54) is 17.7 Å². The van der Waals surface area contributed by atoms with Crippen LogP contribution in [0.5, 0.6) is 0 Å². The summed E-state index contributed by atoms with van der Waals surface area (Å²) < 4.78 is 20.0. The molecule has 0 radical (unpaired) electrons. The Morgan fingerprint density at radius 2 is 1.92 bits per heavy atom. The Morgan fingerprint density at radius 3 is 2.60 bits per heavy atom. The maximum absolute atomic E-state index is 13.2. The molecule has 2 aromatic carbocycles. The summed E-state index contributed by atoms with van der Waals surface area (Å²) in [5, 5.41) is 7.97. The van der Waals surface area contributed by atoms with Crippen LogP contribution in [0.1, 0.15) is 34.2 Å². The van der Waals surface area contributed by atoms with Crippen molar-refractivity contribution >= 4 is 5.97 Å².